The smallest absolute Gasteiger partial charge is 0.313 e. The number of esters is 1. The lowest BCUT2D eigenvalue weighted by Crippen LogP contribution is -2.25. The van der Waals surface area contributed by atoms with Gasteiger partial charge in [-0.1, -0.05) is 6.92 Å². The van der Waals surface area contributed by atoms with Crippen LogP contribution in [0.25, 0.3) is 0 Å². The molecule has 1 aromatic heterocycles. The van der Waals surface area contributed by atoms with Gasteiger partial charge in [-0.3, -0.25) is 9.89 Å². The standard InChI is InChI=1S/C10H14N2O2/c1-6-3-4-8-7(5-11-12-8)9(6)10(13)14-2/h5-6,9H,3-4H2,1-2H3,(H,11,12)/t6-,9+/m1/s1. The number of carbonyl (C=O) groups is 1. The van der Waals surface area contributed by atoms with E-state index < -0.39 is 0 Å². The van der Waals surface area contributed by atoms with Crippen molar-refractivity contribution in [2.24, 2.45) is 5.92 Å². The monoisotopic (exact) mass is 194 g/mol. The van der Waals surface area contributed by atoms with Crippen LogP contribution in [0.5, 0.6) is 0 Å². The molecule has 1 aliphatic carbocycles. The first-order chi connectivity index (χ1) is 6.74. The van der Waals surface area contributed by atoms with Crippen molar-refractivity contribution >= 4 is 5.97 Å². The predicted octanol–water partition coefficient (Wildman–Crippen LogP) is 1.25. The second kappa shape index (κ2) is 3.44. The van der Waals surface area contributed by atoms with E-state index in [9.17, 15) is 4.79 Å². The first-order valence-corrected chi connectivity index (χ1v) is 4.84. The number of fused-ring (bicyclic) bond motifs is 1. The van der Waals surface area contributed by atoms with Crippen molar-refractivity contribution in [3.63, 3.8) is 0 Å². The molecular weight excluding hydrogens is 180 g/mol. The molecule has 1 N–H and O–H groups in total. The van der Waals surface area contributed by atoms with Gasteiger partial charge in [0.25, 0.3) is 0 Å². The molecule has 0 fully saturated rings. The molecule has 2 atom stereocenters. The molecule has 0 saturated heterocycles. The molecule has 4 nitrogen and oxygen atoms in total. The van der Waals surface area contributed by atoms with Crippen LogP contribution in [-0.4, -0.2) is 23.3 Å². The van der Waals surface area contributed by atoms with Crippen molar-refractivity contribution in [2.45, 2.75) is 25.7 Å². The van der Waals surface area contributed by atoms with E-state index in [0.717, 1.165) is 24.1 Å². The van der Waals surface area contributed by atoms with E-state index in [-0.39, 0.29) is 11.9 Å². The lowest BCUT2D eigenvalue weighted by atomic mass is 9.79. The first-order valence-electron chi connectivity index (χ1n) is 4.84. The Hall–Kier alpha value is -1.32. The predicted molar refractivity (Wildman–Crippen MR) is 50.8 cm³/mol. The third kappa shape index (κ3) is 1.31. The highest BCUT2D eigenvalue weighted by atomic mass is 16.5. The Morgan fingerprint density at radius 2 is 2.50 bits per heavy atom. The highest BCUT2D eigenvalue weighted by molar-refractivity contribution is 5.79. The van der Waals surface area contributed by atoms with Crippen LogP contribution in [0.2, 0.25) is 0 Å². The van der Waals surface area contributed by atoms with Crippen LogP contribution < -0.4 is 0 Å². The number of carbonyl (C=O) groups excluding carboxylic acids is 1. The van der Waals surface area contributed by atoms with Gasteiger partial charge in [0.15, 0.2) is 0 Å². The highest BCUT2D eigenvalue weighted by Gasteiger charge is 2.34. The molecule has 0 aliphatic heterocycles. The number of aryl methyl sites for hydroxylation is 1. The van der Waals surface area contributed by atoms with Crippen molar-refractivity contribution in [1.82, 2.24) is 10.2 Å². The van der Waals surface area contributed by atoms with Crippen molar-refractivity contribution < 1.29 is 9.53 Å². The van der Waals surface area contributed by atoms with Crippen LogP contribution in [0.15, 0.2) is 6.20 Å². The molecule has 2 rings (SSSR count). The van der Waals surface area contributed by atoms with Gasteiger partial charge in [0.05, 0.1) is 19.2 Å². The van der Waals surface area contributed by atoms with Gasteiger partial charge in [-0.15, -0.1) is 0 Å². The summed E-state index contributed by atoms with van der Waals surface area (Å²) in [6, 6.07) is 0. The fraction of sp³-hybridized carbons (Fsp3) is 0.600. The summed E-state index contributed by atoms with van der Waals surface area (Å²) in [4.78, 5) is 11.6. The molecule has 1 aromatic rings. The number of ether oxygens (including phenoxy) is 1. The molecule has 4 heteroatoms. The molecule has 1 aliphatic rings. The number of methoxy groups -OCH3 is 1. The summed E-state index contributed by atoms with van der Waals surface area (Å²) in [5.74, 6) is 0.0508. The number of aromatic nitrogens is 2. The Kier molecular flexibility index (Phi) is 2.27. The average Bonchev–Trinajstić information content (AvgIpc) is 2.64. The van der Waals surface area contributed by atoms with Crippen LogP contribution in [0, 0.1) is 5.92 Å². The number of hydrogen-bond acceptors (Lipinski definition) is 3. The van der Waals surface area contributed by atoms with E-state index in [4.69, 9.17) is 4.74 Å². The van der Waals surface area contributed by atoms with Gasteiger partial charge in [-0.25, -0.2) is 0 Å². The molecule has 0 unspecified atom stereocenters. The summed E-state index contributed by atoms with van der Waals surface area (Å²) in [6.45, 7) is 2.08. The SMILES string of the molecule is COC(=O)[C@@H]1c2cn[nH]c2CC[C@H]1C. The Morgan fingerprint density at radius 3 is 3.21 bits per heavy atom. The largest absolute Gasteiger partial charge is 0.469 e. The van der Waals surface area contributed by atoms with Gasteiger partial charge in [0, 0.05) is 11.3 Å². The van der Waals surface area contributed by atoms with Gasteiger partial charge in [-0.05, 0) is 18.8 Å². The maximum absolute atomic E-state index is 11.6. The lowest BCUT2D eigenvalue weighted by molar-refractivity contribution is -0.144. The van der Waals surface area contributed by atoms with Crippen molar-refractivity contribution in [3.8, 4) is 0 Å². The van der Waals surface area contributed by atoms with E-state index in [1.165, 1.54) is 7.11 Å². The van der Waals surface area contributed by atoms with Crippen LogP contribution >= 0.6 is 0 Å². The van der Waals surface area contributed by atoms with Gasteiger partial charge in [-0.2, -0.15) is 5.10 Å². The summed E-state index contributed by atoms with van der Waals surface area (Å²) in [5, 5.41) is 6.90. The minimum Gasteiger partial charge on any atom is -0.469 e. The van der Waals surface area contributed by atoms with Gasteiger partial charge in [0.1, 0.15) is 0 Å². The topological polar surface area (TPSA) is 55.0 Å². The zero-order valence-electron chi connectivity index (χ0n) is 8.41. The Morgan fingerprint density at radius 1 is 1.71 bits per heavy atom. The molecule has 14 heavy (non-hydrogen) atoms. The summed E-state index contributed by atoms with van der Waals surface area (Å²) in [7, 11) is 1.43. The molecule has 76 valence electrons. The van der Waals surface area contributed by atoms with Crippen molar-refractivity contribution in [2.75, 3.05) is 7.11 Å². The number of H-pyrrole nitrogens is 1. The van der Waals surface area contributed by atoms with Crippen LogP contribution in [0.1, 0.15) is 30.5 Å². The zero-order valence-corrected chi connectivity index (χ0v) is 8.41. The van der Waals surface area contributed by atoms with Gasteiger partial charge < -0.3 is 4.74 Å². The van der Waals surface area contributed by atoms with Crippen LogP contribution in [-0.2, 0) is 16.0 Å². The fourth-order valence-electron chi connectivity index (χ4n) is 2.12. The van der Waals surface area contributed by atoms with Crippen LogP contribution in [0.4, 0.5) is 0 Å². The maximum Gasteiger partial charge on any atom is 0.313 e. The molecule has 0 saturated carbocycles. The molecule has 0 spiro atoms. The Balaban J connectivity index is 2.36. The number of aromatic amines is 1. The summed E-state index contributed by atoms with van der Waals surface area (Å²) >= 11 is 0. The average molecular weight is 194 g/mol. The number of hydrogen-bond donors (Lipinski definition) is 1. The summed E-state index contributed by atoms with van der Waals surface area (Å²) in [5.41, 5.74) is 2.09. The second-order valence-corrected chi connectivity index (χ2v) is 3.82. The van der Waals surface area contributed by atoms with E-state index in [1.807, 2.05) is 0 Å². The second-order valence-electron chi connectivity index (χ2n) is 3.82. The van der Waals surface area contributed by atoms with E-state index in [0.29, 0.717) is 5.92 Å². The van der Waals surface area contributed by atoms with Gasteiger partial charge in [0.2, 0.25) is 0 Å². The number of rotatable bonds is 1. The Bertz CT molecular complexity index is 346. The lowest BCUT2D eigenvalue weighted by Gasteiger charge is -2.26. The molecular formula is C10H14N2O2. The molecule has 1 heterocycles. The minimum atomic E-state index is -0.153. The van der Waals surface area contributed by atoms with E-state index in [1.54, 1.807) is 6.20 Å². The van der Waals surface area contributed by atoms with E-state index >= 15 is 0 Å². The number of nitrogens with zero attached hydrogens (tertiary/aromatic N) is 1. The quantitative estimate of drug-likeness (QED) is 0.684. The van der Waals surface area contributed by atoms with Crippen molar-refractivity contribution in [3.05, 3.63) is 17.5 Å². The molecule has 0 amide bonds. The summed E-state index contributed by atoms with van der Waals surface area (Å²) < 4.78 is 4.81. The summed E-state index contributed by atoms with van der Waals surface area (Å²) in [6.07, 6.45) is 3.73. The zero-order chi connectivity index (χ0) is 10.1. The fourth-order valence-corrected chi connectivity index (χ4v) is 2.12. The molecule has 0 bridgehead atoms. The molecule has 0 radical (unpaired) electrons. The normalized spacial score (nSPS) is 25.6. The number of nitrogens with one attached hydrogen (secondary N) is 1. The van der Waals surface area contributed by atoms with Crippen LogP contribution in [0.3, 0.4) is 0 Å². The van der Waals surface area contributed by atoms with Crippen molar-refractivity contribution in [1.29, 1.82) is 0 Å². The Labute approximate surface area is 82.7 Å². The molecule has 0 aromatic carbocycles. The maximum atomic E-state index is 11.6. The van der Waals surface area contributed by atoms with Gasteiger partial charge >= 0.3 is 5.97 Å². The third-order valence-electron chi connectivity index (χ3n) is 2.96. The minimum absolute atomic E-state index is 0.137. The highest BCUT2D eigenvalue weighted by Crippen LogP contribution is 2.35. The first kappa shape index (κ1) is 9.24. The third-order valence-corrected chi connectivity index (χ3v) is 2.96. The van der Waals surface area contributed by atoms with E-state index in [2.05, 4.69) is 17.1 Å².